The maximum absolute atomic E-state index is 11.9. The van der Waals surface area contributed by atoms with E-state index < -0.39 is 5.97 Å². The van der Waals surface area contributed by atoms with Crippen LogP contribution >= 0.6 is 11.8 Å². The molecule has 0 aliphatic carbocycles. The fraction of sp³-hybridized carbons (Fsp3) is 0.174. The number of carbonyl (C=O) groups is 2. The van der Waals surface area contributed by atoms with Gasteiger partial charge in [-0.1, -0.05) is 29.1 Å². The highest BCUT2D eigenvalue weighted by Gasteiger charge is 2.14. The van der Waals surface area contributed by atoms with Gasteiger partial charge in [-0.3, -0.25) is 4.79 Å². The molecule has 1 aliphatic rings. The van der Waals surface area contributed by atoms with Crippen LogP contribution in [0.1, 0.15) is 31.9 Å². The molecule has 0 saturated heterocycles. The van der Waals surface area contributed by atoms with Gasteiger partial charge in [0.25, 0.3) is 0 Å². The summed E-state index contributed by atoms with van der Waals surface area (Å²) in [6.45, 7) is 6.11. The molecule has 2 heterocycles. The number of thioether (sulfide) groups is 1. The summed E-state index contributed by atoms with van der Waals surface area (Å²) in [6.07, 6.45) is 3.52. The van der Waals surface area contributed by atoms with E-state index in [9.17, 15) is 9.59 Å². The van der Waals surface area contributed by atoms with E-state index in [1.54, 1.807) is 6.08 Å². The quantitative estimate of drug-likeness (QED) is 0.257. The van der Waals surface area contributed by atoms with Crippen molar-refractivity contribution in [1.29, 1.82) is 0 Å². The van der Waals surface area contributed by atoms with E-state index in [-0.39, 0.29) is 5.78 Å². The molecule has 0 radical (unpaired) electrons. The van der Waals surface area contributed by atoms with Crippen molar-refractivity contribution >= 4 is 57.1 Å². The maximum Gasteiger partial charge on any atom is 0.331 e. The van der Waals surface area contributed by atoms with Crippen LogP contribution in [0.3, 0.4) is 0 Å². The average Bonchev–Trinajstić information content (AvgIpc) is 3.26. The van der Waals surface area contributed by atoms with Crippen LogP contribution in [0.25, 0.3) is 27.9 Å². The highest BCUT2D eigenvalue weighted by atomic mass is 32.2. The van der Waals surface area contributed by atoms with Gasteiger partial charge in [0.15, 0.2) is 5.78 Å². The van der Waals surface area contributed by atoms with E-state index in [1.165, 1.54) is 18.7 Å². The Morgan fingerprint density at radius 2 is 1.86 bits per heavy atom. The zero-order valence-electron chi connectivity index (χ0n) is 16.4. The number of aryl methyl sites for hydroxylation is 1. The lowest BCUT2D eigenvalue weighted by atomic mass is 10.0. The number of ketones is 1. The van der Waals surface area contributed by atoms with Crippen molar-refractivity contribution in [1.82, 2.24) is 4.57 Å². The third-order valence-electron chi connectivity index (χ3n) is 4.89. The van der Waals surface area contributed by atoms with E-state index >= 15 is 0 Å². The Hall–Kier alpha value is -3.12. The molecule has 0 unspecified atom stereocenters. The number of fused-ring (bicyclic) bond motifs is 3. The third-order valence-corrected chi connectivity index (χ3v) is 5.73. The van der Waals surface area contributed by atoms with Crippen LogP contribution in [-0.2, 0) is 21.0 Å². The van der Waals surface area contributed by atoms with E-state index in [0.717, 1.165) is 44.4 Å². The number of carbonyl (C=O) groups excluding carboxylic acids is 2. The van der Waals surface area contributed by atoms with Crippen LogP contribution in [0.5, 0.6) is 0 Å². The Balaban J connectivity index is 1.87. The fourth-order valence-electron chi connectivity index (χ4n) is 3.53. The number of hydrogen-bond acceptors (Lipinski definition) is 5. The van der Waals surface area contributed by atoms with Crippen molar-refractivity contribution in [3.05, 3.63) is 63.9 Å². The fourth-order valence-corrected chi connectivity index (χ4v) is 4.26. The summed E-state index contributed by atoms with van der Waals surface area (Å²) in [5.74, 6) is -0.398. The van der Waals surface area contributed by atoms with Gasteiger partial charge >= 0.3 is 5.97 Å². The molecule has 0 saturated carbocycles. The van der Waals surface area contributed by atoms with Gasteiger partial charge in [-0.05, 0) is 66.8 Å². The minimum Gasteiger partial charge on any atom is -0.341 e. The average molecular weight is 404 g/mol. The summed E-state index contributed by atoms with van der Waals surface area (Å²) in [5.41, 5.74) is 4.78. The highest BCUT2D eigenvalue weighted by Crippen LogP contribution is 2.33. The monoisotopic (exact) mass is 404 g/mol. The SMILES string of the molecule is CCn1c2ccc(C=C3SC=CC3=O)cc2c2cc(C(C)=NOC(C)=O)ccc21. The second-order valence-corrected chi connectivity index (χ2v) is 7.75. The first-order chi connectivity index (χ1) is 14.0. The van der Waals surface area contributed by atoms with Gasteiger partial charge in [-0.15, -0.1) is 0 Å². The minimum absolute atomic E-state index is 0.0469. The lowest BCUT2D eigenvalue weighted by Gasteiger charge is -2.04. The molecule has 29 heavy (non-hydrogen) atoms. The first kappa shape index (κ1) is 19.2. The number of oxime groups is 1. The summed E-state index contributed by atoms with van der Waals surface area (Å²) in [7, 11) is 0. The number of nitrogens with zero attached hydrogens (tertiary/aromatic N) is 2. The summed E-state index contributed by atoms with van der Waals surface area (Å²) < 4.78 is 2.26. The first-order valence-electron chi connectivity index (χ1n) is 9.35. The number of aromatic nitrogens is 1. The molecular formula is C23H20N2O3S. The van der Waals surface area contributed by atoms with Gasteiger partial charge in [0.05, 0.1) is 10.6 Å². The maximum atomic E-state index is 11.9. The van der Waals surface area contributed by atoms with Crippen molar-refractivity contribution in [2.24, 2.45) is 5.16 Å². The molecule has 146 valence electrons. The molecule has 4 rings (SSSR count). The van der Waals surface area contributed by atoms with Gasteiger partial charge in [0.1, 0.15) is 0 Å². The summed E-state index contributed by atoms with van der Waals surface area (Å²) in [6, 6.07) is 12.4. The van der Waals surface area contributed by atoms with Crippen molar-refractivity contribution in [2.75, 3.05) is 0 Å². The van der Waals surface area contributed by atoms with Crippen molar-refractivity contribution in [3.8, 4) is 0 Å². The molecule has 1 aromatic heterocycles. The van der Waals surface area contributed by atoms with Gasteiger partial charge in [0.2, 0.25) is 0 Å². The summed E-state index contributed by atoms with van der Waals surface area (Å²) >= 11 is 1.45. The van der Waals surface area contributed by atoms with Crippen molar-refractivity contribution in [3.63, 3.8) is 0 Å². The van der Waals surface area contributed by atoms with Crippen molar-refractivity contribution < 1.29 is 14.4 Å². The number of rotatable bonds is 4. The molecule has 0 spiro atoms. The molecule has 5 nitrogen and oxygen atoms in total. The normalized spacial score (nSPS) is 15.8. The molecule has 0 fully saturated rings. The molecule has 0 bridgehead atoms. The van der Waals surface area contributed by atoms with E-state index in [0.29, 0.717) is 5.71 Å². The highest BCUT2D eigenvalue weighted by molar-refractivity contribution is 8.07. The lowest BCUT2D eigenvalue weighted by Crippen LogP contribution is -1.99. The Morgan fingerprint density at radius 3 is 2.52 bits per heavy atom. The smallest absolute Gasteiger partial charge is 0.331 e. The number of hydrogen-bond donors (Lipinski definition) is 0. The molecule has 2 aromatic carbocycles. The topological polar surface area (TPSA) is 60.7 Å². The predicted molar refractivity (Wildman–Crippen MR) is 119 cm³/mol. The first-order valence-corrected chi connectivity index (χ1v) is 10.2. The molecule has 6 heteroatoms. The molecule has 1 aliphatic heterocycles. The van der Waals surface area contributed by atoms with Gasteiger partial charge in [0, 0.05) is 35.3 Å². The molecule has 3 aromatic rings. The molecule has 0 N–H and O–H groups in total. The Morgan fingerprint density at radius 1 is 1.14 bits per heavy atom. The number of allylic oxidation sites excluding steroid dienone is 2. The molecule has 0 amide bonds. The van der Waals surface area contributed by atoms with Crippen LogP contribution in [0.15, 0.2) is 57.9 Å². The Bertz CT molecular complexity index is 1250. The van der Waals surface area contributed by atoms with Crippen LogP contribution in [0.4, 0.5) is 0 Å². The van der Waals surface area contributed by atoms with Gasteiger partial charge < -0.3 is 9.40 Å². The van der Waals surface area contributed by atoms with Crippen LogP contribution in [0.2, 0.25) is 0 Å². The molecular weight excluding hydrogens is 384 g/mol. The van der Waals surface area contributed by atoms with Gasteiger partial charge in [-0.2, -0.15) is 0 Å². The van der Waals surface area contributed by atoms with Crippen LogP contribution in [-0.4, -0.2) is 22.0 Å². The van der Waals surface area contributed by atoms with E-state index in [2.05, 4.69) is 40.9 Å². The third kappa shape index (κ3) is 3.63. The largest absolute Gasteiger partial charge is 0.341 e. The Kier molecular flexibility index (Phi) is 5.11. The lowest BCUT2D eigenvalue weighted by molar-refractivity contribution is -0.140. The zero-order chi connectivity index (χ0) is 20.5. The second kappa shape index (κ2) is 7.72. The Labute approximate surface area is 172 Å². The summed E-state index contributed by atoms with van der Waals surface area (Å²) in [5, 5.41) is 7.93. The number of benzene rings is 2. The van der Waals surface area contributed by atoms with Crippen LogP contribution < -0.4 is 0 Å². The molecule has 0 atom stereocenters. The van der Waals surface area contributed by atoms with Gasteiger partial charge in [-0.25, -0.2) is 4.79 Å². The predicted octanol–water partition coefficient (Wildman–Crippen LogP) is 5.27. The standard InChI is InChI=1S/C23H20N2O3S/c1-4-25-20-7-5-16(12-23-22(27)9-10-29-23)11-18(20)19-13-17(6-8-21(19)25)14(2)24-28-15(3)26/h5-13H,4H2,1-3H3. The second-order valence-electron chi connectivity index (χ2n) is 6.81. The summed E-state index contributed by atoms with van der Waals surface area (Å²) in [4.78, 5) is 28.5. The van der Waals surface area contributed by atoms with Crippen molar-refractivity contribution in [2.45, 2.75) is 27.3 Å². The van der Waals surface area contributed by atoms with Crippen LogP contribution in [0, 0.1) is 0 Å². The van der Waals surface area contributed by atoms with E-state index in [4.69, 9.17) is 4.84 Å². The minimum atomic E-state index is -0.445. The zero-order valence-corrected chi connectivity index (χ0v) is 17.2. The van der Waals surface area contributed by atoms with E-state index in [1.807, 2.05) is 30.5 Å².